The van der Waals surface area contributed by atoms with Crippen molar-refractivity contribution in [3.8, 4) is 0 Å². The minimum atomic E-state index is -0.445. The largest absolute Gasteiger partial charge is 0.444 e. The van der Waals surface area contributed by atoms with Crippen molar-refractivity contribution < 1.29 is 9.53 Å². The Balaban J connectivity index is 4.21. The highest BCUT2D eigenvalue weighted by molar-refractivity contribution is 9.09. The lowest BCUT2D eigenvalue weighted by atomic mass is 10.2. The molecule has 17 heavy (non-hydrogen) atoms. The van der Waals surface area contributed by atoms with Crippen molar-refractivity contribution in [2.45, 2.75) is 51.0 Å². The third-order valence-electron chi connectivity index (χ3n) is 2.03. The van der Waals surface area contributed by atoms with Gasteiger partial charge in [-0.3, -0.25) is 0 Å². The van der Waals surface area contributed by atoms with Gasteiger partial charge in [0.05, 0.1) is 0 Å². The lowest BCUT2D eigenvalue weighted by molar-refractivity contribution is 0.0269. The lowest BCUT2D eigenvalue weighted by Gasteiger charge is -2.26. The molecule has 1 atom stereocenters. The molecule has 1 amide bonds. The van der Waals surface area contributed by atoms with Gasteiger partial charge < -0.3 is 9.64 Å². The van der Waals surface area contributed by atoms with Crippen LogP contribution < -0.4 is 0 Å². The van der Waals surface area contributed by atoms with Crippen molar-refractivity contribution >= 4 is 22.0 Å². The molecule has 0 rings (SSSR count). The summed E-state index contributed by atoms with van der Waals surface area (Å²) in [5.74, 6) is 0. The maximum atomic E-state index is 11.9. The van der Waals surface area contributed by atoms with Gasteiger partial charge in [-0.25, -0.2) is 4.79 Å². The summed E-state index contributed by atoms with van der Waals surface area (Å²) in [5, 5.41) is 0. The predicted octanol–water partition coefficient (Wildman–Crippen LogP) is 3.97. The molecule has 0 N–H and O–H groups in total. The first kappa shape index (κ1) is 16.5. The van der Waals surface area contributed by atoms with Gasteiger partial charge in [0.1, 0.15) is 5.60 Å². The first-order chi connectivity index (χ1) is 7.76. The molecule has 0 radical (unpaired) electrons. The molecule has 0 aromatic rings. The van der Waals surface area contributed by atoms with Gasteiger partial charge in [0, 0.05) is 17.9 Å². The van der Waals surface area contributed by atoms with Gasteiger partial charge in [0.15, 0.2) is 0 Å². The Labute approximate surface area is 113 Å². The van der Waals surface area contributed by atoms with Crippen molar-refractivity contribution in [2.75, 3.05) is 13.1 Å². The molecule has 0 saturated carbocycles. The third-order valence-corrected chi connectivity index (χ3v) is 2.49. The summed E-state index contributed by atoms with van der Waals surface area (Å²) in [6, 6.07) is 0. The first-order valence-electron chi connectivity index (χ1n) is 5.99. The number of carbonyl (C=O) groups excluding carboxylic acids is 1. The molecule has 1 unspecified atom stereocenters. The Morgan fingerprint density at radius 1 is 1.53 bits per heavy atom. The van der Waals surface area contributed by atoms with Crippen molar-refractivity contribution in [1.29, 1.82) is 0 Å². The second-order valence-corrected chi connectivity index (χ2v) is 6.70. The molecule has 4 heteroatoms. The minimum Gasteiger partial charge on any atom is -0.444 e. The molecular weight excluding hydrogens is 282 g/mol. The van der Waals surface area contributed by atoms with Crippen molar-refractivity contribution in [1.82, 2.24) is 4.90 Å². The molecule has 0 aliphatic carbocycles. The fourth-order valence-electron chi connectivity index (χ4n) is 1.30. The van der Waals surface area contributed by atoms with Gasteiger partial charge >= 0.3 is 6.09 Å². The number of carbonyl (C=O) groups is 1. The van der Waals surface area contributed by atoms with E-state index in [4.69, 9.17) is 4.74 Å². The summed E-state index contributed by atoms with van der Waals surface area (Å²) >= 11 is 3.49. The zero-order chi connectivity index (χ0) is 13.5. The van der Waals surface area contributed by atoms with E-state index in [1.165, 1.54) is 0 Å². The molecule has 0 aromatic carbocycles. The molecule has 0 spiro atoms. The van der Waals surface area contributed by atoms with E-state index < -0.39 is 5.60 Å². The first-order valence-corrected chi connectivity index (χ1v) is 6.90. The number of ether oxygens (including phenoxy) is 1. The van der Waals surface area contributed by atoms with Gasteiger partial charge in [-0.2, -0.15) is 0 Å². The van der Waals surface area contributed by atoms with Crippen LogP contribution in [-0.4, -0.2) is 34.5 Å². The van der Waals surface area contributed by atoms with Crippen LogP contribution in [0.25, 0.3) is 0 Å². The van der Waals surface area contributed by atoms with E-state index in [0.29, 0.717) is 17.9 Å². The molecule has 0 aromatic heterocycles. The van der Waals surface area contributed by atoms with E-state index >= 15 is 0 Å². The van der Waals surface area contributed by atoms with Crippen LogP contribution in [0.4, 0.5) is 4.79 Å². The molecule has 0 saturated heterocycles. The normalized spacial score (nSPS) is 13.0. The van der Waals surface area contributed by atoms with Crippen LogP contribution in [0.5, 0.6) is 0 Å². The molecular formula is C13H24BrNO2. The van der Waals surface area contributed by atoms with E-state index in [2.05, 4.69) is 29.4 Å². The molecule has 3 nitrogen and oxygen atoms in total. The quantitative estimate of drug-likeness (QED) is 0.549. The molecule has 0 bridgehead atoms. The van der Waals surface area contributed by atoms with Crippen LogP contribution in [0.1, 0.15) is 40.5 Å². The van der Waals surface area contributed by atoms with Crippen molar-refractivity contribution in [3.63, 3.8) is 0 Å². The van der Waals surface area contributed by atoms with Crippen molar-refractivity contribution in [3.05, 3.63) is 12.7 Å². The maximum absolute atomic E-state index is 11.9. The second-order valence-electron chi connectivity index (χ2n) is 5.14. The van der Waals surface area contributed by atoms with Gasteiger partial charge in [-0.1, -0.05) is 28.9 Å². The maximum Gasteiger partial charge on any atom is 0.410 e. The summed E-state index contributed by atoms with van der Waals surface area (Å²) in [7, 11) is 0. The lowest BCUT2D eigenvalue weighted by Crippen LogP contribution is -2.37. The minimum absolute atomic E-state index is 0.264. The highest BCUT2D eigenvalue weighted by atomic mass is 79.9. The van der Waals surface area contributed by atoms with Gasteiger partial charge in [0.25, 0.3) is 0 Å². The standard InChI is InChI=1S/C13H24BrNO2/c1-6-9-15(10-7-8-11(2)14)12(16)17-13(3,4)5/h6,11H,1,7-10H2,2-5H3. The van der Waals surface area contributed by atoms with E-state index in [1.807, 2.05) is 20.8 Å². The highest BCUT2D eigenvalue weighted by Gasteiger charge is 2.20. The fraction of sp³-hybridized carbons (Fsp3) is 0.769. The Morgan fingerprint density at radius 2 is 2.12 bits per heavy atom. The summed E-state index contributed by atoms with van der Waals surface area (Å²) in [6.07, 6.45) is 3.46. The van der Waals surface area contributed by atoms with Crippen LogP contribution in [0.3, 0.4) is 0 Å². The van der Waals surface area contributed by atoms with E-state index in [-0.39, 0.29) is 6.09 Å². The van der Waals surface area contributed by atoms with E-state index in [9.17, 15) is 4.79 Å². The molecule has 0 aliphatic heterocycles. The smallest absolute Gasteiger partial charge is 0.410 e. The number of hydrogen-bond acceptors (Lipinski definition) is 2. The van der Waals surface area contributed by atoms with Gasteiger partial charge in [-0.15, -0.1) is 6.58 Å². The Hall–Kier alpha value is -0.510. The molecule has 100 valence electrons. The second kappa shape index (κ2) is 7.75. The molecule has 0 heterocycles. The summed E-state index contributed by atoms with van der Waals surface area (Å²) in [4.78, 5) is 14.0. The fourth-order valence-corrected chi connectivity index (χ4v) is 1.63. The zero-order valence-electron chi connectivity index (χ0n) is 11.3. The number of nitrogens with zero attached hydrogens (tertiary/aromatic N) is 1. The average Bonchev–Trinajstić information content (AvgIpc) is 2.13. The average molecular weight is 306 g/mol. The number of halogens is 1. The van der Waals surface area contributed by atoms with Crippen LogP contribution >= 0.6 is 15.9 Å². The Morgan fingerprint density at radius 3 is 2.53 bits per heavy atom. The van der Waals surface area contributed by atoms with Crippen LogP contribution in [0.15, 0.2) is 12.7 Å². The topological polar surface area (TPSA) is 29.5 Å². The van der Waals surface area contributed by atoms with E-state index in [0.717, 1.165) is 12.8 Å². The highest BCUT2D eigenvalue weighted by Crippen LogP contribution is 2.12. The summed E-state index contributed by atoms with van der Waals surface area (Å²) < 4.78 is 5.34. The number of alkyl halides is 1. The van der Waals surface area contributed by atoms with Crippen molar-refractivity contribution in [2.24, 2.45) is 0 Å². The zero-order valence-corrected chi connectivity index (χ0v) is 12.9. The number of rotatable bonds is 6. The van der Waals surface area contributed by atoms with Crippen LogP contribution in [0, 0.1) is 0 Å². The Kier molecular flexibility index (Phi) is 7.51. The Bertz CT molecular complexity index is 246. The summed E-state index contributed by atoms with van der Waals surface area (Å²) in [5.41, 5.74) is -0.445. The van der Waals surface area contributed by atoms with E-state index in [1.54, 1.807) is 11.0 Å². The molecule has 0 aliphatic rings. The van der Waals surface area contributed by atoms with Gasteiger partial charge in [-0.05, 0) is 33.6 Å². The van der Waals surface area contributed by atoms with Gasteiger partial charge in [0.2, 0.25) is 0 Å². The predicted molar refractivity (Wildman–Crippen MR) is 75.6 cm³/mol. The number of hydrogen-bond donors (Lipinski definition) is 0. The SMILES string of the molecule is C=CCN(CCCC(C)Br)C(=O)OC(C)(C)C. The number of amides is 1. The van der Waals surface area contributed by atoms with Crippen LogP contribution in [-0.2, 0) is 4.74 Å². The van der Waals surface area contributed by atoms with Crippen LogP contribution in [0.2, 0.25) is 0 Å². The molecule has 0 fully saturated rings. The third kappa shape index (κ3) is 9.22. The summed E-state index contributed by atoms with van der Waals surface area (Å²) in [6.45, 7) is 12.6. The monoisotopic (exact) mass is 305 g/mol.